The first kappa shape index (κ1) is 30.8. The maximum atomic E-state index is 10.3. The molecule has 0 bridgehead atoms. The number of fused-ring (bicyclic) bond motifs is 1. The highest BCUT2D eigenvalue weighted by atomic mass is 32.3. The summed E-state index contributed by atoms with van der Waals surface area (Å²) in [6.45, 7) is 15.7. The summed E-state index contributed by atoms with van der Waals surface area (Å²) in [5, 5.41) is 0. The van der Waals surface area contributed by atoms with Gasteiger partial charge in [0.1, 0.15) is 23.4 Å². The first-order valence-electron chi connectivity index (χ1n) is 14.2. The molecule has 0 saturated carbocycles. The smallest absolute Gasteiger partial charge is 0.141 e. The zero-order valence-corrected chi connectivity index (χ0v) is 25.7. The number of hydrogen-bond acceptors (Lipinski definition) is 3. The summed E-state index contributed by atoms with van der Waals surface area (Å²) >= 11 is 0. The van der Waals surface area contributed by atoms with E-state index in [1.165, 1.54) is 67.2 Å². The number of ether oxygens (including phenoxy) is 1. The molecule has 4 heteroatoms. The monoisotopic (exact) mass is 518 g/mol. The average molecular weight is 519 g/mol. The number of carbonyl (C=O) groups is 1. The Morgan fingerprint density at radius 3 is 2.00 bits per heavy atom. The number of hydrogen-bond donors (Lipinski definition) is 0. The fraction of sp³-hybridized carbons (Fsp3) is 0.719. The summed E-state index contributed by atoms with van der Waals surface area (Å²) in [6, 6.07) is 0. The molecule has 0 fully saturated rings. The summed E-state index contributed by atoms with van der Waals surface area (Å²) in [5.41, 5.74) is 4.78. The van der Waals surface area contributed by atoms with Crippen LogP contribution >= 0.6 is 10.3 Å². The zero-order chi connectivity index (χ0) is 27.0. The van der Waals surface area contributed by atoms with E-state index >= 15 is 0 Å². The summed E-state index contributed by atoms with van der Waals surface area (Å²) in [6.07, 6.45) is 24.1. The summed E-state index contributed by atoms with van der Waals surface area (Å²) in [7, 11) is -1.26. The van der Waals surface area contributed by atoms with Gasteiger partial charge in [-0.2, -0.15) is 0 Å². The van der Waals surface area contributed by atoms with Crippen LogP contribution in [-0.2, 0) is 11.2 Å². The number of benzene rings is 1. The summed E-state index contributed by atoms with van der Waals surface area (Å²) < 4.78 is 13.6. The number of carbonyl (C=O) groups excluding carboxylic acids is 1. The van der Waals surface area contributed by atoms with Crippen molar-refractivity contribution in [3.05, 3.63) is 34.4 Å². The van der Waals surface area contributed by atoms with Gasteiger partial charge in [-0.3, -0.25) is 0 Å². The molecule has 3 nitrogen and oxygen atoms in total. The lowest BCUT2D eigenvalue weighted by molar-refractivity contribution is -0.107. The highest BCUT2D eigenvalue weighted by Gasteiger charge is 2.35. The Morgan fingerprint density at radius 1 is 0.889 bits per heavy atom. The Labute approximate surface area is 224 Å². The van der Waals surface area contributed by atoms with Crippen LogP contribution in [0.25, 0.3) is 0 Å². The molecule has 1 aromatic carbocycles. The van der Waals surface area contributed by atoms with Crippen molar-refractivity contribution < 1.29 is 13.7 Å². The van der Waals surface area contributed by atoms with Crippen LogP contribution in [0.2, 0.25) is 0 Å². The van der Waals surface area contributed by atoms with Crippen LogP contribution in [0.3, 0.4) is 0 Å². The maximum Gasteiger partial charge on any atom is 0.141 e. The lowest BCUT2D eigenvalue weighted by Gasteiger charge is -2.45. The normalized spacial score (nSPS) is 18.7. The molecule has 206 valence electrons. The largest absolute Gasteiger partial charge is 0.483 e. The Bertz CT molecular complexity index is 894. The minimum atomic E-state index is -1.26. The van der Waals surface area contributed by atoms with Crippen LogP contribution < -0.4 is 8.92 Å². The highest BCUT2D eigenvalue weighted by Crippen LogP contribution is 2.56. The Balaban J connectivity index is 1.92. The molecule has 0 radical (unpaired) electrons. The van der Waals surface area contributed by atoms with Gasteiger partial charge in [-0.25, -0.2) is 0 Å². The minimum absolute atomic E-state index is 0.118. The molecule has 1 atom stereocenters. The van der Waals surface area contributed by atoms with Crippen LogP contribution in [0.15, 0.2) is 12.2 Å². The van der Waals surface area contributed by atoms with Gasteiger partial charge in [0.25, 0.3) is 0 Å². The molecule has 0 aromatic heterocycles. The molecule has 0 spiro atoms. The Morgan fingerprint density at radius 2 is 1.44 bits per heavy atom. The van der Waals surface area contributed by atoms with Crippen molar-refractivity contribution >= 4 is 16.6 Å². The van der Waals surface area contributed by atoms with Crippen LogP contribution in [0.4, 0.5) is 0 Å². The molecule has 1 heterocycles. The Hall–Kier alpha value is -1.42. The molecule has 1 aliphatic rings. The number of rotatable bonds is 14. The second-order valence-electron chi connectivity index (χ2n) is 12.3. The van der Waals surface area contributed by atoms with Gasteiger partial charge < -0.3 is 13.7 Å². The molecule has 1 aromatic rings. The number of allylic oxidation sites excluding steroid dienone is 1. The van der Waals surface area contributed by atoms with Gasteiger partial charge in [-0.1, -0.05) is 54.9 Å². The molecule has 0 saturated heterocycles. The van der Waals surface area contributed by atoms with Gasteiger partial charge in [0.2, 0.25) is 0 Å². The third kappa shape index (κ3) is 8.30. The number of aldehydes is 1. The second kappa shape index (κ2) is 13.4. The molecular weight excluding hydrogens is 464 g/mol. The third-order valence-corrected chi connectivity index (χ3v) is 11.7. The first-order valence-corrected chi connectivity index (χ1v) is 16.6. The summed E-state index contributed by atoms with van der Waals surface area (Å²) in [5.74, 6) is 2.15. The van der Waals surface area contributed by atoms with E-state index in [0.717, 1.165) is 49.9 Å². The lowest BCUT2D eigenvalue weighted by Crippen LogP contribution is -2.35. The Kier molecular flexibility index (Phi) is 11.5. The average Bonchev–Trinajstić information content (AvgIpc) is 2.80. The van der Waals surface area contributed by atoms with E-state index in [2.05, 4.69) is 73.1 Å². The molecule has 0 unspecified atom stereocenters. The van der Waals surface area contributed by atoms with Crippen molar-refractivity contribution in [3.63, 3.8) is 0 Å². The fourth-order valence-electron chi connectivity index (χ4n) is 4.71. The van der Waals surface area contributed by atoms with Crippen molar-refractivity contribution in [1.82, 2.24) is 0 Å². The van der Waals surface area contributed by atoms with Crippen LogP contribution in [0, 0.1) is 20.8 Å². The molecular formula is C32H54O3S. The molecule has 0 aliphatic carbocycles. The second-order valence-corrected chi connectivity index (χ2v) is 16.2. The molecule has 0 N–H and O–H groups in total. The standard InChI is InChI=1S/C32H54O3S/c1-25-26(2)30-28(27(3)29(25)35-36(8,9)31(4,5)6)21-23-32(7,34-30)22-19-17-15-13-11-10-12-14-16-18-20-24-33/h19,22,24H,10-18,20-21,23H2,1-9H3/b22-19+/t32-/m1/s1. The van der Waals surface area contributed by atoms with Crippen LogP contribution in [0.5, 0.6) is 11.5 Å². The van der Waals surface area contributed by atoms with Crippen molar-refractivity contribution in [2.75, 3.05) is 12.5 Å². The number of unbranched alkanes of at least 4 members (excludes halogenated alkanes) is 9. The minimum Gasteiger partial charge on any atom is -0.483 e. The van der Waals surface area contributed by atoms with Crippen molar-refractivity contribution in [2.24, 2.45) is 0 Å². The quantitative estimate of drug-likeness (QED) is 0.140. The predicted molar refractivity (Wildman–Crippen MR) is 159 cm³/mol. The van der Waals surface area contributed by atoms with Gasteiger partial charge in [-0.15, -0.1) is 0 Å². The molecule has 36 heavy (non-hydrogen) atoms. The summed E-state index contributed by atoms with van der Waals surface area (Å²) in [4.78, 5) is 10.3. The van der Waals surface area contributed by atoms with E-state index in [0.29, 0.717) is 0 Å². The van der Waals surface area contributed by atoms with Gasteiger partial charge in [0.05, 0.1) is 0 Å². The van der Waals surface area contributed by atoms with E-state index in [9.17, 15) is 4.79 Å². The lowest BCUT2D eigenvalue weighted by atomic mass is 9.87. The van der Waals surface area contributed by atoms with E-state index in [-0.39, 0.29) is 10.3 Å². The maximum absolute atomic E-state index is 10.3. The SMILES string of the molecule is Cc1c(C)c2c(c(C)c1OS(C)(C)C(C)(C)C)CC[C@@](C)(/C=C/CCCCCCCCCCC=O)O2. The van der Waals surface area contributed by atoms with Crippen molar-refractivity contribution in [1.29, 1.82) is 0 Å². The third-order valence-electron chi connectivity index (χ3n) is 8.20. The van der Waals surface area contributed by atoms with Crippen molar-refractivity contribution in [2.45, 2.75) is 136 Å². The van der Waals surface area contributed by atoms with Crippen molar-refractivity contribution in [3.8, 4) is 11.5 Å². The highest BCUT2D eigenvalue weighted by molar-refractivity contribution is 8.30. The van der Waals surface area contributed by atoms with E-state index in [1.807, 2.05) is 0 Å². The van der Waals surface area contributed by atoms with Gasteiger partial charge in [-0.05, 0) is 116 Å². The first-order chi connectivity index (χ1) is 16.8. The van der Waals surface area contributed by atoms with Crippen LogP contribution in [0.1, 0.15) is 121 Å². The van der Waals surface area contributed by atoms with Gasteiger partial charge in [0, 0.05) is 16.7 Å². The molecule has 1 aliphatic heterocycles. The van der Waals surface area contributed by atoms with Gasteiger partial charge >= 0.3 is 0 Å². The van der Waals surface area contributed by atoms with E-state index < -0.39 is 10.3 Å². The van der Waals surface area contributed by atoms with E-state index in [1.54, 1.807) is 0 Å². The molecule has 0 amide bonds. The van der Waals surface area contributed by atoms with Crippen LogP contribution in [-0.4, -0.2) is 29.1 Å². The van der Waals surface area contributed by atoms with E-state index in [4.69, 9.17) is 8.92 Å². The fourth-order valence-corrected chi connectivity index (χ4v) is 5.63. The van der Waals surface area contributed by atoms with Gasteiger partial charge in [0.15, 0.2) is 0 Å². The zero-order valence-electron chi connectivity index (χ0n) is 24.9. The topological polar surface area (TPSA) is 35.5 Å². The molecule has 2 rings (SSSR count). The predicted octanol–water partition coefficient (Wildman–Crippen LogP) is 9.51.